The fourth-order valence-electron chi connectivity index (χ4n) is 1.16. The lowest BCUT2D eigenvalue weighted by atomic mass is 10.2. The van der Waals surface area contributed by atoms with E-state index < -0.39 is 5.97 Å². The minimum atomic E-state index is -1.06. The van der Waals surface area contributed by atoms with Gasteiger partial charge in [-0.15, -0.1) is 0 Å². The van der Waals surface area contributed by atoms with Crippen LogP contribution >= 0.6 is 0 Å². The maximum absolute atomic E-state index is 11.5. The van der Waals surface area contributed by atoms with Gasteiger partial charge in [-0.1, -0.05) is 13.3 Å². The molecular formula is C11H14N2O3. The number of carboxylic acid groups (broad SMARTS) is 1. The Labute approximate surface area is 93.5 Å². The first kappa shape index (κ1) is 12.2. The molecule has 0 fully saturated rings. The number of nitrogens with one attached hydrogen (secondary N) is 1. The van der Waals surface area contributed by atoms with Crippen molar-refractivity contribution >= 4 is 11.9 Å². The average Bonchev–Trinajstić information content (AvgIpc) is 2.29. The third-order valence-corrected chi connectivity index (χ3v) is 2.06. The molecule has 2 N–H and O–H groups in total. The summed E-state index contributed by atoms with van der Waals surface area (Å²) in [6.45, 7) is 2.60. The van der Waals surface area contributed by atoms with E-state index in [0.29, 0.717) is 6.54 Å². The molecule has 0 bridgehead atoms. The number of unbranched alkanes of at least 4 members (excludes halogenated alkanes) is 1. The number of pyridine rings is 1. The minimum Gasteiger partial charge on any atom is -0.478 e. The van der Waals surface area contributed by atoms with E-state index >= 15 is 0 Å². The SMILES string of the molecule is CCCCNC(=O)c1cc(C(=O)O)ccn1. The lowest BCUT2D eigenvalue weighted by molar-refractivity contribution is 0.0696. The van der Waals surface area contributed by atoms with E-state index in [-0.39, 0.29) is 17.2 Å². The molecule has 0 aliphatic carbocycles. The van der Waals surface area contributed by atoms with E-state index in [1.165, 1.54) is 18.3 Å². The van der Waals surface area contributed by atoms with Crippen LogP contribution in [0, 0.1) is 0 Å². The van der Waals surface area contributed by atoms with E-state index in [9.17, 15) is 9.59 Å². The summed E-state index contributed by atoms with van der Waals surface area (Å²) < 4.78 is 0. The zero-order valence-corrected chi connectivity index (χ0v) is 9.06. The molecule has 0 unspecified atom stereocenters. The Morgan fingerprint density at radius 3 is 2.88 bits per heavy atom. The van der Waals surface area contributed by atoms with Crippen LogP contribution in [0.15, 0.2) is 18.3 Å². The van der Waals surface area contributed by atoms with Crippen molar-refractivity contribution in [2.45, 2.75) is 19.8 Å². The van der Waals surface area contributed by atoms with Crippen molar-refractivity contribution < 1.29 is 14.7 Å². The largest absolute Gasteiger partial charge is 0.478 e. The van der Waals surface area contributed by atoms with Gasteiger partial charge in [-0.25, -0.2) is 4.79 Å². The molecule has 1 heterocycles. The summed E-state index contributed by atoms with van der Waals surface area (Å²) in [6.07, 6.45) is 3.20. The van der Waals surface area contributed by atoms with Gasteiger partial charge in [0.1, 0.15) is 5.69 Å². The molecule has 0 saturated heterocycles. The first-order chi connectivity index (χ1) is 7.65. The molecule has 0 radical (unpaired) electrons. The number of aromatic carboxylic acids is 1. The van der Waals surface area contributed by atoms with Crippen molar-refractivity contribution in [2.24, 2.45) is 0 Å². The molecule has 86 valence electrons. The van der Waals surface area contributed by atoms with Crippen LogP contribution in [0.25, 0.3) is 0 Å². The number of carbonyl (C=O) groups excluding carboxylic acids is 1. The van der Waals surface area contributed by atoms with Gasteiger partial charge in [0, 0.05) is 12.7 Å². The van der Waals surface area contributed by atoms with E-state index in [1.807, 2.05) is 6.92 Å². The van der Waals surface area contributed by atoms with Crippen LogP contribution in [0.5, 0.6) is 0 Å². The number of amides is 1. The molecule has 5 heteroatoms. The first-order valence-corrected chi connectivity index (χ1v) is 5.12. The monoisotopic (exact) mass is 222 g/mol. The quantitative estimate of drug-likeness (QED) is 0.736. The highest BCUT2D eigenvalue weighted by atomic mass is 16.4. The van der Waals surface area contributed by atoms with Crippen molar-refractivity contribution in [3.05, 3.63) is 29.6 Å². The highest BCUT2D eigenvalue weighted by Crippen LogP contribution is 2.01. The summed E-state index contributed by atoms with van der Waals surface area (Å²) >= 11 is 0. The predicted octanol–water partition coefficient (Wildman–Crippen LogP) is 1.31. The number of rotatable bonds is 5. The lowest BCUT2D eigenvalue weighted by Gasteiger charge is -2.03. The molecule has 1 aromatic rings. The number of carbonyl (C=O) groups is 2. The molecule has 0 atom stereocenters. The van der Waals surface area contributed by atoms with E-state index in [1.54, 1.807) is 0 Å². The van der Waals surface area contributed by atoms with Crippen molar-refractivity contribution in [1.29, 1.82) is 0 Å². The lowest BCUT2D eigenvalue weighted by Crippen LogP contribution is -2.25. The van der Waals surface area contributed by atoms with Crippen LogP contribution in [-0.2, 0) is 0 Å². The van der Waals surface area contributed by atoms with Crippen LogP contribution in [0.4, 0.5) is 0 Å². The third-order valence-electron chi connectivity index (χ3n) is 2.06. The summed E-state index contributed by atoms with van der Waals surface area (Å²) in [5.74, 6) is -1.40. The summed E-state index contributed by atoms with van der Waals surface area (Å²) in [7, 11) is 0. The Morgan fingerprint density at radius 2 is 2.25 bits per heavy atom. The van der Waals surface area contributed by atoms with E-state index in [2.05, 4.69) is 10.3 Å². The minimum absolute atomic E-state index is 0.0654. The highest BCUT2D eigenvalue weighted by Gasteiger charge is 2.09. The van der Waals surface area contributed by atoms with Crippen molar-refractivity contribution in [1.82, 2.24) is 10.3 Å². The number of nitrogens with zero attached hydrogens (tertiary/aromatic N) is 1. The Hall–Kier alpha value is -1.91. The molecule has 0 aromatic carbocycles. The molecule has 1 rings (SSSR count). The standard InChI is InChI=1S/C11H14N2O3/c1-2-3-5-13-10(14)9-7-8(11(15)16)4-6-12-9/h4,6-7H,2-3,5H2,1H3,(H,13,14)(H,15,16). The van der Waals surface area contributed by atoms with Gasteiger partial charge in [0.15, 0.2) is 0 Å². The van der Waals surface area contributed by atoms with Crippen molar-refractivity contribution in [3.63, 3.8) is 0 Å². The van der Waals surface area contributed by atoms with Crippen LogP contribution < -0.4 is 5.32 Å². The van der Waals surface area contributed by atoms with Gasteiger partial charge in [-0.2, -0.15) is 0 Å². The summed E-state index contributed by atoms with van der Waals surface area (Å²) in [5, 5.41) is 11.4. The van der Waals surface area contributed by atoms with Gasteiger partial charge in [-0.3, -0.25) is 9.78 Å². The van der Waals surface area contributed by atoms with Gasteiger partial charge >= 0.3 is 5.97 Å². The van der Waals surface area contributed by atoms with Crippen LogP contribution in [-0.4, -0.2) is 28.5 Å². The molecule has 0 aliphatic rings. The number of hydrogen-bond acceptors (Lipinski definition) is 3. The second-order valence-corrected chi connectivity index (χ2v) is 3.34. The van der Waals surface area contributed by atoms with Crippen molar-refractivity contribution in [2.75, 3.05) is 6.54 Å². The van der Waals surface area contributed by atoms with Gasteiger partial charge in [0.2, 0.25) is 0 Å². The number of aromatic nitrogens is 1. The highest BCUT2D eigenvalue weighted by molar-refractivity contribution is 5.95. The molecule has 0 saturated carbocycles. The Morgan fingerprint density at radius 1 is 1.50 bits per heavy atom. The molecule has 16 heavy (non-hydrogen) atoms. The van der Waals surface area contributed by atoms with Crippen LogP contribution in [0.2, 0.25) is 0 Å². The van der Waals surface area contributed by atoms with Crippen LogP contribution in [0.1, 0.15) is 40.6 Å². The van der Waals surface area contributed by atoms with Crippen LogP contribution in [0.3, 0.4) is 0 Å². The second-order valence-electron chi connectivity index (χ2n) is 3.34. The smallest absolute Gasteiger partial charge is 0.335 e. The zero-order chi connectivity index (χ0) is 12.0. The molecule has 0 aliphatic heterocycles. The van der Waals surface area contributed by atoms with E-state index in [4.69, 9.17) is 5.11 Å². The zero-order valence-electron chi connectivity index (χ0n) is 9.06. The number of hydrogen-bond donors (Lipinski definition) is 2. The Kier molecular flexibility index (Phi) is 4.44. The molecule has 0 spiro atoms. The fraction of sp³-hybridized carbons (Fsp3) is 0.364. The van der Waals surface area contributed by atoms with Gasteiger partial charge < -0.3 is 10.4 Å². The first-order valence-electron chi connectivity index (χ1n) is 5.12. The Bertz CT molecular complexity index is 391. The maximum atomic E-state index is 11.5. The molecule has 5 nitrogen and oxygen atoms in total. The second kappa shape index (κ2) is 5.85. The van der Waals surface area contributed by atoms with E-state index in [0.717, 1.165) is 12.8 Å². The fourth-order valence-corrected chi connectivity index (χ4v) is 1.16. The predicted molar refractivity (Wildman–Crippen MR) is 58.4 cm³/mol. The summed E-state index contributed by atoms with van der Waals surface area (Å²) in [4.78, 5) is 26.0. The van der Waals surface area contributed by atoms with Crippen molar-refractivity contribution in [3.8, 4) is 0 Å². The average molecular weight is 222 g/mol. The topological polar surface area (TPSA) is 79.3 Å². The Balaban J connectivity index is 2.68. The summed E-state index contributed by atoms with van der Waals surface area (Å²) in [6, 6.07) is 2.62. The van der Waals surface area contributed by atoms with Gasteiger partial charge in [0.25, 0.3) is 5.91 Å². The summed E-state index contributed by atoms with van der Waals surface area (Å²) in [5.41, 5.74) is 0.201. The number of carboxylic acids is 1. The van der Waals surface area contributed by atoms with Gasteiger partial charge in [-0.05, 0) is 18.6 Å². The molecule has 1 aromatic heterocycles. The molecular weight excluding hydrogens is 208 g/mol. The van der Waals surface area contributed by atoms with Gasteiger partial charge in [0.05, 0.1) is 5.56 Å². The normalized spacial score (nSPS) is 9.81. The molecule has 1 amide bonds. The maximum Gasteiger partial charge on any atom is 0.335 e. The third kappa shape index (κ3) is 3.34.